The summed E-state index contributed by atoms with van der Waals surface area (Å²) in [5.41, 5.74) is 1.98. The Balaban J connectivity index is 2.68. The lowest BCUT2D eigenvalue weighted by molar-refractivity contribution is 0.483. The maximum atomic E-state index is 11.3. The van der Waals surface area contributed by atoms with Gasteiger partial charge in [-0.15, -0.1) is 0 Å². The summed E-state index contributed by atoms with van der Waals surface area (Å²) in [6.45, 7) is 3.68. The third-order valence-corrected chi connectivity index (χ3v) is 3.54. The maximum absolute atomic E-state index is 11.3. The van der Waals surface area contributed by atoms with E-state index in [1.165, 1.54) is 12.1 Å². The van der Waals surface area contributed by atoms with Gasteiger partial charge in [0, 0.05) is 17.5 Å². The molecule has 0 fully saturated rings. The summed E-state index contributed by atoms with van der Waals surface area (Å²) in [5, 5.41) is 0. The lowest BCUT2D eigenvalue weighted by Gasteiger charge is -2.07. The Morgan fingerprint density at radius 1 is 1.17 bits per heavy atom. The molecule has 0 atom stereocenters. The molecule has 18 heavy (non-hydrogen) atoms. The van der Waals surface area contributed by atoms with Crippen molar-refractivity contribution in [3.05, 3.63) is 41.7 Å². The van der Waals surface area contributed by atoms with Crippen LogP contribution in [-0.2, 0) is 10.1 Å². The highest BCUT2D eigenvalue weighted by molar-refractivity contribution is 7.86. The van der Waals surface area contributed by atoms with Crippen LogP contribution < -0.4 is 0 Å². The zero-order valence-corrected chi connectivity index (χ0v) is 10.8. The van der Waals surface area contributed by atoms with Gasteiger partial charge in [0.05, 0.1) is 0 Å². The highest BCUT2D eigenvalue weighted by Crippen LogP contribution is 2.24. The molecule has 0 radical (unpaired) electrons. The van der Waals surface area contributed by atoms with E-state index >= 15 is 0 Å². The van der Waals surface area contributed by atoms with Gasteiger partial charge < -0.3 is 0 Å². The van der Waals surface area contributed by atoms with Crippen molar-refractivity contribution in [3.8, 4) is 11.4 Å². The summed E-state index contributed by atoms with van der Waals surface area (Å²) in [6, 6.07) is 6.09. The van der Waals surface area contributed by atoms with E-state index in [0.717, 1.165) is 11.3 Å². The molecule has 1 aromatic carbocycles. The number of rotatable bonds is 2. The summed E-state index contributed by atoms with van der Waals surface area (Å²) >= 11 is 0. The first-order valence-electron chi connectivity index (χ1n) is 5.27. The molecule has 1 heterocycles. The van der Waals surface area contributed by atoms with Crippen molar-refractivity contribution in [2.24, 2.45) is 0 Å². The van der Waals surface area contributed by atoms with Crippen LogP contribution in [-0.4, -0.2) is 22.9 Å². The highest BCUT2D eigenvalue weighted by Gasteiger charge is 2.17. The number of nitrogens with zero attached hydrogens (tertiary/aromatic N) is 2. The smallest absolute Gasteiger partial charge is 0.282 e. The van der Waals surface area contributed by atoms with Crippen molar-refractivity contribution in [2.75, 3.05) is 0 Å². The molecular formula is C12H12N2O3S. The monoisotopic (exact) mass is 264 g/mol. The first-order chi connectivity index (χ1) is 8.39. The van der Waals surface area contributed by atoms with Crippen molar-refractivity contribution < 1.29 is 13.0 Å². The molecule has 0 spiro atoms. The van der Waals surface area contributed by atoms with Gasteiger partial charge in [-0.1, -0.05) is 12.1 Å². The average Bonchev–Trinajstić information content (AvgIpc) is 2.32. The van der Waals surface area contributed by atoms with E-state index in [9.17, 15) is 13.0 Å². The Morgan fingerprint density at radius 2 is 1.83 bits per heavy atom. The van der Waals surface area contributed by atoms with Gasteiger partial charge in [0.25, 0.3) is 10.1 Å². The van der Waals surface area contributed by atoms with Crippen molar-refractivity contribution >= 4 is 10.1 Å². The van der Waals surface area contributed by atoms with E-state index in [1.807, 2.05) is 13.8 Å². The minimum Gasteiger partial charge on any atom is -0.282 e. The average molecular weight is 264 g/mol. The van der Waals surface area contributed by atoms with Gasteiger partial charge in [-0.25, -0.2) is 9.97 Å². The normalized spacial score (nSPS) is 11.5. The Hall–Kier alpha value is -1.79. The van der Waals surface area contributed by atoms with E-state index in [4.69, 9.17) is 0 Å². The van der Waals surface area contributed by atoms with Gasteiger partial charge >= 0.3 is 0 Å². The third kappa shape index (κ3) is 2.39. The number of hydrogen-bond donors (Lipinski definition) is 1. The van der Waals surface area contributed by atoms with Crippen LogP contribution in [0.25, 0.3) is 11.4 Å². The number of aryl methyl sites for hydroxylation is 2. The molecule has 2 rings (SSSR count). The molecule has 0 unspecified atom stereocenters. The molecule has 1 aromatic heterocycles. The van der Waals surface area contributed by atoms with Crippen LogP contribution in [0.1, 0.15) is 11.3 Å². The molecule has 6 heteroatoms. The predicted molar refractivity (Wildman–Crippen MR) is 66.8 cm³/mol. The predicted octanol–water partition coefficient (Wildman–Crippen LogP) is 2.01. The minimum atomic E-state index is -4.28. The summed E-state index contributed by atoms with van der Waals surface area (Å²) in [5.74, 6) is 0.284. The molecule has 0 aliphatic carbocycles. The molecule has 5 nitrogen and oxygen atoms in total. The number of hydrogen-bond acceptors (Lipinski definition) is 4. The molecule has 0 amide bonds. The van der Waals surface area contributed by atoms with E-state index in [1.54, 1.807) is 18.3 Å². The molecule has 94 valence electrons. The van der Waals surface area contributed by atoms with Crippen LogP contribution in [0.15, 0.2) is 35.4 Å². The lowest BCUT2D eigenvalue weighted by atomic mass is 10.2. The summed E-state index contributed by atoms with van der Waals surface area (Å²) in [6.07, 6.45) is 1.62. The van der Waals surface area contributed by atoms with Crippen LogP contribution in [0.3, 0.4) is 0 Å². The Morgan fingerprint density at radius 3 is 2.44 bits per heavy atom. The SMILES string of the molecule is Cc1cnc(-c2ccccc2S(=O)(=O)O)nc1C. The number of benzene rings is 1. The molecular weight excluding hydrogens is 252 g/mol. The van der Waals surface area contributed by atoms with Gasteiger partial charge in [-0.05, 0) is 31.5 Å². The molecule has 0 aliphatic rings. The standard InChI is InChI=1S/C12H12N2O3S/c1-8-7-13-12(14-9(8)2)10-5-3-4-6-11(10)18(15,16)17/h3-7H,1-2H3,(H,15,16,17). The van der Waals surface area contributed by atoms with Gasteiger partial charge in [0.1, 0.15) is 4.90 Å². The summed E-state index contributed by atoms with van der Waals surface area (Å²) in [7, 11) is -4.28. The van der Waals surface area contributed by atoms with Gasteiger partial charge in [-0.2, -0.15) is 8.42 Å². The van der Waals surface area contributed by atoms with Crippen molar-refractivity contribution in [2.45, 2.75) is 18.7 Å². The van der Waals surface area contributed by atoms with Gasteiger partial charge in [0.15, 0.2) is 5.82 Å². The number of aromatic nitrogens is 2. The Bertz CT molecular complexity index is 696. The minimum absolute atomic E-state index is 0.187. The second kappa shape index (κ2) is 4.47. The van der Waals surface area contributed by atoms with E-state index < -0.39 is 10.1 Å². The maximum Gasteiger partial charge on any atom is 0.295 e. The zero-order valence-electron chi connectivity index (χ0n) is 9.95. The third-order valence-electron chi connectivity index (χ3n) is 2.63. The molecule has 0 bridgehead atoms. The topological polar surface area (TPSA) is 80.2 Å². The van der Waals surface area contributed by atoms with Crippen LogP contribution in [0.4, 0.5) is 0 Å². The molecule has 1 N–H and O–H groups in total. The molecule has 0 saturated carbocycles. The Labute approximate surface area is 105 Å². The fourth-order valence-corrected chi connectivity index (χ4v) is 2.22. The van der Waals surface area contributed by atoms with Gasteiger partial charge in [-0.3, -0.25) is 4.55 Å². The van der Waals surface area contributed by atoms with Crippen molar-refractivity contribution in [1.29, 1.82) is 0 Å². The summed E-state index contributed by atoms with van der Waals surface area (Å²) < 4.78 is 31.7. The first-order valence-corrected chi connectivity index (χ1v) is 6.71. The summed E-state index contributed by atoms with van der Waals surface area (Å²) in [4.78, 5) is 8.14. The van der Waals surface area contributed by atoms with E-state index in [2.05, 4.69) is 9.97 Å². The van der Waals surface area contributed by atoms with Crippen molar-refractivity contribution in [3.63, 3.8) is 0 Å². The van der Waals surface area contributed by atoms with E-state index in [-0.39, 0.29) is 10.7 Å². The Kier molecular flexibility index (Phi) is 3.14. The van der Waals surface area contributed by atoms with Gasteiger partial charge in [0.2, 0.25) is 0 Å². The van der Waals surface area contributed by atoms with Crippen LogP contribution in [0, 0.1) is 13.8 Å². The fraction of sp³-hybridized carbons (Fsp3) is 0.167. The van der Waals surface area contributed by atoms with E-state index in [0.29, 0.717) is 5.56 Å². The van der Waals surface area contributed by atoms with Crippen LogP contribution in [0.5, 0.6) is 0 Å². The molecule has 2 aromatic rings. The molecule has 0 aliphatic heterocycles. The van der Waals surface area contributed by atoms with Crippen LogP contribution >= 0.6 is 0 Å². The quantitative estimate of drug-likeness (QED) is 0.839. The second-order valence-electron chi connectivity index (χ2n) is 3.93. The largest absolute Gasteiger partial charge is 0.295 e. The zero-order chi connectivity index (χ0) is 13.3. The highest BCUT2D eigenvalue weighted by atomic mass is 32.2. The van der Waals surface area contributed by atoms with Crippen molar-refractivity contribution in [1.82, 2.24) is 9.97 Å². The van der Waals surface area contributed by atoms with Crippen LogP contribution in [0.2, 0.25) is 0 Å². The first kappa shape index (κ1) is 12.7. The fourth-order valence-electron chi connectivity index (χ4n) is 1.53. The second-order valence-corrected chi connectivity index (χ2v) is 5.32. The lowest BCUT2D eigenvalue weighted by Crippen LogP contribution is -2.03. The molecule has 0 saturated heterocycles.